The Labute approximate surface area is 126 Å². The van der Waals surface area contributed by atoms with Crippen LogP contribution in [0.25, 0.3) is 0 Å². The van der Waals surface area contributed by atoms with Crippen molar-refractivity contribution in [2.45, 2.75) is 26.5 Å². The number of carbonyl (C=O) groups is 1. The number of morpholine rings is 1. The molecule has 0 aromatic heterocycles. The second-order valence-corrected chi connectivity index (χ2v) is 5.63. The summed E-state index contributed by atoms with van der Waals surface area (Å²) < 4.78 is 11.1. The van der Waals surface area contributed by atoms with E-state index in [0.29, 0.717) is 32.2 Å². The number of ether oxygens (including phenoxy) is 2. The SMILES string of the molecule is CC(C)COc1cccc(CNC(=O)C2CNCCO2)c1. The number of hydrogen-bond acceptors (Lipinski definition) is 4. The van der Waals surface area contributed by atoms with E-state index >= 15 is 0 Å². The third-order valence-corrected chi connectivity index (χ3v) is 3.17. The summed E-state index contributed by atoms with van der Waals surface area (Å²) in [5.74, 6) is 1.26. The number of amides is 1. The predicted octanol–water partition coefficient (Wildman–Crippen LogP) is 1.33. The molecule has 1 aromatic rings. The van der Waals surface area contributed by atoms with Gasteiger partial charge in [-0.05, 0) is 23.6 Å². The first kappa shape index (κ1) is 15.8. The molecule has 1 fully saturated rings. The lowest BCUT2D eigenvalue weighted by molar-refractivity contribution is -0.134. The molecule has 1 unspecified atom stereocenters. The van der Waals surface area contributed by atoms with Crippen molar-refractivity contribution in [3.63, 3.8) is 0 Å². The van der Waals surface area contributed by atoms with E-state index < -0.39 is 0 Å². The third kappa shape index (κ3) is 5.36. The fourth-order valence-corrected chi connectivity index (χ4v) is 2.04. The summed E-state index contributed by atoms with van der Waals surface area (Å²) in [4.78, 5) is 12.0. The van der Waals surface area contributed by atoms with Gasteiger partial charge < -0.3 is 20.1 Å². The lowest BCUT2D eigenvalue weighted by Crippen LogP contribution is -2.47. The van der Waals surface area contributed by atoms with Crippen molar-refractivity contribution < 1.29 is 14.3 Å². The second-order valence-electron chi connectivity index (χ2n) is 5.63. The van der Waals surface area contributed by atoms with Crippen molar-refractivity contribution in [3.8, 4) is 5.75 Å². The zero-order valence-electron chi connectivity index (χ0n) is 12.7. The zero-order chi connectivity index (χ0) is 15.1. The van der Waals surface area contributed by atoms with Gasteiger partial charge in [0, 0.05) is 19.6 Å². The highest BCUT2D eigenvalue weighted by molar-refractivity contribution is 5.81. The first-order valence-corrected chi connectivity index (χ1v) is 7.47. The van der Waals surface area contributed by atoms with E-state index in [1.54, 1.807) is 0 Å². The molecule has 1 amide bonds. The van der Waals surface area contributed by atoms with Gasteiger partial charge in [-0.1, -0.05) is 26.0 Å². The summed E-state index contributed by atoms with van der Waals surface area (Å²) in [6.45, 7) is 7.36. The standard InChI is InChI=1S/C16H24N2O3/c1-12(2)11-21-14-5-3-4-13(8-14)9-18-16(19)15-10-17-6-7-20-15/h3-5,8,12,15,17H,6-7,9-11H2,1-2H3,(H,18,19). The van der Waals surface area contributed by atoms with Crippen LogP contribution in [0.4, 0.5) is 0 Å². The van der Waals surface area contributed by atoms with E-state index in [4.69, 9.17) is 9.47 Å². The third-order valence-electron chi connectivity index (χ3n) is 3.17. The monoisotopic (exact) mass is 292 g/mol. The molecule has 0 saturated carbocycles. The Bertz CT molecular complexity index is 457. The van der Waals surface area contributed by atoms with Crippen LogP contribution in [0.5, 0.6) is 5.75 Å². The van der Waals surface area contributed by atoms with Crippen molar-refractivity contribution in [2.75, 3.05) is 26.3 Å². The maximum atomic E-state index is 12.0. The molecule has 1 aliphatic rings. The minimum absolute atomic E-state index is 0.0734. The Morgan fingerprint density at radius 1 is 1.52 bits per heavy atom. The summed E-state index contributed by atoms with van der Waals surface area (Å²) >= 11 is 0. The fourth-order valence-electron chi connectivity index (χ4n) is 2.04. The van der Waals surface area contributed by atoms with Gasteiger partial charge >= 0.3 is 0 Å². The number of nitrogens with one attached hydrogen (secondary N) is 2. The van der Waals surface area contributed by atoms with Gasteiger partial charge in [0.25, 0.3) is 5.91 Å². The van der Waals surface area contributed by atoms with Crippen LogP contribution in [-0.4, -0.2) is 38.3 Å². The molecule has 0 radical (unpaired) electrons. The van der Waals surface area contributed by atoms with Crippen LogP contribution in [0.1, 0.15) is 19.4 Å². The molecule has 0 aliphatic carbocycles. The van der Waals surface area contributed by atoms with E-state index in [1.807, 2.05) is 24.3 Å². The quantitative estimate of drug-likeness (QED) is 0.830. The van der Waals surface area contributed by atoms with E-state index in [1.165, 1.54) is 0 Å². The number of benzene rings is 1. The Morgan fingerprint density at radius 2 is 2.38 bits per heavy atom. The lowest BCUT2D eigenvalue weighted by Gasteiger charge is -2.22. The summed E-state index contributed by atoms with van der Waals surface area (Å²) in [5.41, 5.74) is 1.02. The Hall–Kier alpha value is -1.59. The van der Waals surface area contributed by atoms with Crippen LogP contribution in [0.3, 0.4) is 0 Å². The van der Waals surface area contributed by atoms with Crippen LogP contribution in [-0.2, 0) is 16.1 Å². The molecule has 1 atom stereocenters. The van der Waals surface area contributed by atoms with Crippen molar-refractivity contribution in [1.82, 2.24) is 10.6 Å². The van der Waals surface area contributed by atoms with E-state index in [9.17, 15) is 4.79 Å². The van der Waals surface area contributed by atoms with Crippen molar-refractivity contribution in [3.05, 3.63) is 29.8 Å². The van der Waals surface area contributed by atoms with Gasteiger partial charge in [-0.15, -0.1) is 0 Å². The Balaban J connectivity index is 1.82. The van der Waals surface area contributed by atoms with Gasteiger partial charge in [-0.25, -0.2) is 0 Å². The zero-order valence-corrected chi connectivity index (χ0v) is 12.7. The minimum Gasteiger partial charge on any atom is -0.493 e. The molecule has 1 aromatic carbocycles. The lowest BCUT2D eigenvalue weighted by atomic mass is 10.2. The summed E-state index contributed by atoms with van der Waals surface area (Å²) in [5, 5.41) is 6.05. The fraction of sp³-hybridized carbons (Fsp3) is 0.562. The average molecular weight is 292 g/mol. The summed E-state index contributed by atoms with van der Waals surface area (Å²) in [6.07, 6.45) is -0.390. The van der Waals surface area contributed by atoms with Crippen LogP contribution >= 0.6 is 0 Å². The number of rotatable bonds is 6. The largest absolute Gasteiger partial charge is 0.493 e. The van der Waals surface area contributed by atoms with Gasteiger partial charge in [-0.3, -0.25) is 4.79 Å². The van der Waals surface area contributed by atoms with Crippen LogP contribution in [0, 0.1) is 5.92 Å². The maximum Gasteiger partial charge on any atom is 0.250 e. The number of carbonyl (C=O) groups excluding carboxylic acids is 1. The molecule has 5 heteroatoms. The van der Waals surface area contributed by atoms with Crippen molar-refractivity contribution in [1.29, 1.82) is 0 Å². The van der Waals surface area contributed by atoms with Crippen LogP contribution < -0.4 is 15.4 Å². The summed E-state index contributed by atoms with van der Waals surface area (Å²) in [7, 11) is 0. The first-order chi connectivity index (χ1) is 10.1. The Kier molecular flexibility index (Phi) is 6.02. The molecule has 21 heavy (non-hydrogen) atoms. The molecule has 1 saturated heterocycles. The van der Waals surface area contributed by atoms with Crippen molar-refractivity contribution in [2.24, 2.45) is 5.92 Å². The molecule has 0 spiro atoms. The predicted molar refractivity (Wildman–Crippen MR) is 81.2 cm³/mol. The topological polar surface area (TPSA) is 59.6 Å². The van der Waals surface area contributed by atoms with Crippen molar-refractivity contribution >= 4 is 5.91 Å². The van der Waals surface area contributed by atoms with Gasteiger partial charge in [0.05, 0.1) is 13.2 Å². The van der Waals surface area contributed by atoms with Gasteiger partial charge in [0.15, 0.2) is 0 Å². The average Bonchev–Trinajstić information content (AvgIpc) is 2.52. The van der Waals surface area contributed by atoms with Crippen LogP contribution in [0.15, 0.2) is 24.3 Å². The maximum absolute atomic E-state index is 12.0. The van der Waals surface area contributed by atoms with E-state index in [2.05, 4.69) is 24.5 Å². The minimum atomic E-state index is -0.390. The molecule has 116 valence electrons. The molecule has 0 bridgehead atoms. The number of hydrogen-bond donors (Lipinski definition) is 2. The van der Waals surface area contributed by atoms with Crippen LogP contribution in [0.2, 0.25) is 0 Å². The molecule has 2 N–H and O–H groups in total. The first-order valence-electron chi connectivity index (χ1n) is 7.47. The molecular weight excluding hydrogens is 268 g/mol. The summed E-state index contributed by atoms with van der Waals surface area (Å²) in [6, 6.07) is 7.81. The van der Waals surface area contributed by atoms with Gasteiger partial charge in [-0.2, -0.15) is 0 Å². The molecule has 5 nitrogen and oxygen atoms in total. The second kappa shape index (κ2) is 8.00. The normalized spacial score (nSPS) is 18.5. The Morgan fingerprint density at radius 3 is 3.10 bits per heavy atom. The van der Waals surface area contributed by atoms with E-state index in [-0.39, 0.29) is 12.0 Å². The van der Waals surface area contributed by atoms with E-state index in [0.717, 1.165) is 17.9 Å². The van der Waals surface area contributed by atoms with Gasteiger partial charge in [0.2, 0.25) is 0 Å². The molecule has 1 aliphatic heterocycles. The smallest absolute Gasteiger partial charge is 0.250 e. The highest BCUT2D eigenvalue weighted by Crippen LogP contribution is 2.14. The molecular formula is C16H24N2O3. The van der Waals surface area contributed by atoms with Gasteiger partial charge in [0.1, 0.15) is 11.9 Å². The highest BCUT2D eigenvalue weighted by Gasteiger charge is 2.21. The highest BCUT2D eigenvalue weighted by atomic mass is 16.5. The molecule has 2 rings (SSSR count). The molecule has 1 heterocycles.